The van der Waals surface area contributed by atoms with Gasteiger partial charge in [-0.25, -0.2) is 4.98 Å². The van der Waals surface area contributed by atoms with Crippen LogP contribution in [0, 0.1) is 18.8 Å². The second-order valence-corrected chi connectivity index (χ2v) is 8.45. The highest BCUT2D eigenvalue weighted by molar-refractivity contribution is 7.15. The normalized spacial score (nSPS) is 30.0. The molecule has 0 radical (unpaired) electrons. The first-order chi connectivity index (χ1) is 12.4. The fraction of sp³-hybridized carbons (Fsp3) is 0.778. The van der Waals surface area contributed by atoms with Gasteiger partial charge in [-0.05, 0) is 26.7 Å². The minimum Gasteiger partial charge on any atom is -0.473 e. The van der Waals surface area contributed by atoms with Crippen LogP contribution in [0.2, 0.25) is 0 Å². The van der Waals surface area contributed by atoms with E-state index < -0.39 is 0 Å². The van der Waals surface area contributed by atoms with Crippen LogP contribution in [-0.4, -0.2) is 84.4 Å². The summed E-state index contributed by atoms with van der Waals surface area (Å²) >= 11 is 1.29. The Morgan fingerprint density at radius 2 is 1.92 bits per heavy atom. The number of carbonyl (C=O) groups excluding carboxylic acids is 1. The number of likely N-dealkylation sites (tertiary alicyclic amines) is 1. The summed E-state index contributed by atoms with van der Waals surface area (Å²) in [4.78, 5) is 22.1. The van der Waals surface area contributed by atoms with Gasteiger partial charge in [0, 0.05) is 45.2 Å². The Hall–Kier alpha value is -1.22. The zero-order valence-electron chi connectivity index (χ0n) is 16.0. The molecule has 1 aromatic heterocycles. The zero-order chi connectivity index (χ0) is 18.8. The molecule has 0 spiro atoms. The van der Waals surface area contributed by atoms with Crippen LogP contribution in [0.25, 0.3) is 0 Å². The predicted octanol–water partition coefficient (Wildman–Crippen LogP) is 1.25. The third-order valence-corrected chi connectivity index (χ3v) is 6.34. The Labute approximate surface area is 158 Å². The highest BCUT2D eigenvalue weighted by Crippen LogP contribution is 2.30. The lowest BCUT2D eigenvalue weighted by atomic mass is 9.96. The number of nitrogens with zero attached hydrogens (tertiary/aromatic N) is 3. The molecule has 3 rings (SSSR count). The van der Waals surface area contributed by atoms with Crippen LogP contribution in [-0.2, 0) is 4.74 Å². The van der Waals surface area contributed by atoms with Gasteiger partial charge in [0.05, 0.1) is 25.0 Å². The number of methoxy groups -OCH3 is 1. The van der Waals surface area contributed by atoms with Crippen molar-refractivity contribution >= 4 is 17.2 Å². The Morgan fingerprint density at radius 1 is 1.27 bits per heavy atom. The summed E-state index contributed by atoms with van der Waals surface area (Å²) in [5.74, 6) is 0.382. The van der Waals surface area contributed by atoms with E-state index in [1.54, 1.807) is 7.11 Å². The number of aryl methyl sites for hydroxylation is 1. The minimum atomic E-state index is -0.00652. The highest BCUT2D eigenvalue weighted by Gasteiger charge is 2.38. The number of rotatable bonds is 5. The van der Waals surface area contributed by atoms with Crippen LogP contribution in [0.15, 0.2) is 0 Å². The molecule has 0 unspecified atom stereocenters. The lowest BCUT2D eigenvalue weighted by Crippen LogP contribution is -2.48. The van der Waals surface area contributed by atoms with Gasteiger partial charge in [-0.15, -0.1) is 0 Å². The fourth-order valence-corrected chi connectivity index (χ4v) is 4.93. The molecule has 2 aliphatic rings. The summed E-state index contributed by atoms with van der Waals surface area (Å²) < 4.78 is 11.0. The standard InChI is InChI=1S/C18H29N3O4S/c1-11-5-20(6-12(2)25-11)7-14-8-21(9-15(14)10-22)17(23)16-13(3)19-18(24-4)26-16/h11-12,14-15,22H,5-10H2,1-4H3/t11-,12+,14-,15-/m1/s1. The number of aliphatic hydroxyl groups excluding tert-OH is 1. The Balaban J connectivity index is 1.66. The van der Waals surface area contributed by atoms with Gasteiger partial charge in [0.2, 0.25) is 0 Å². The number of carbonyl (C=O) groups is 1. The molecule has 2 aliphatic heterocycles. The summed E-state index contributed by atoms with van der Waals surface area (Å²) in [6.45, 7) is 10.1. The van der Waals surface area contributed by atoms with Gasteiger partial charge in [0.1, 0.15) is 4.88 Å². The van der Waals surface area contributed by atoms with E-state index in [9.17, 15) is 9.90 Å². The van der Waals surface area contributed by atoms with Crippen LogP contribution >= 0.6 is 11.3 Å². The molecular weight excluding hydrogens is 354 g/mol. The molecule has 3 heterocycles. The van der Waals surface area contributed by atoms with E-state index in [1.165, 1.54) is 11.3 Å². The summed E-state index contributed by atoms with van der Waals surface area (Å²) in [7, 11) is 1.56. The Morgan fingerprint density at radius 3 is 2.50 bits per heavy atom. The number of ether oxygens (including phenoxy) is 2. The van der Waals surface area contributed by atoms with Gasteiger partial charge in [-0.1, -0.05) is 11.3 Å². The molecule has 1 amide bonds. The molecule has 146 valence electrons. The predicted molar refractivity (Wildman–Crippen MR) is 99.8 cm³/mol. The number of aliphatic hydroxyl groups is 1. The largest absolute Gasteiger partial charge is 0.473 e. The van der Waals surface area contributed by atoms with Gasteiger partial charge >= 0.3 is 0 Å². The summed E-state index contributed by atoms with van der Waals surface area (Å²) in [5.41, 5.74) is 0.705. The quantitative estimate of drug-likeness (QED) is 0.825. The van der Waals surface area contributed by atoms with Crippen LogP contribution in [0.1, 0.15) is 29.2 Å². The number of aromatic nitrogens is 1. The second kappa shape index (κ2) is 8.21. The maximum atomic E-state index is 12.9. The van der Waals surface area contributed by atoms with Gasteiger partial charge in [0.25, 0.3) is 11.1 Å². The van der Waals surface area contributed by atoms with Crippen LogP contribution in [0.4, 0.5) is 0 Å². The van der Waals surface area contributed by atoms with Gasteiger partial charge < -0.3 is 19.5 Å². The monoisotopic (exact) mass is 383 g/mol. The summed E-state index contributed by atoms with van der Waals surface area (Å²) in [6, 6.07) is 0. The SMILES string of the molecule is COc1nc(C)c(C(=O)N2C[C@@H](CN3C[C@@H](C)O[C@@H](C)C3)[C@@H](CO)C2)s1. The zero-order valence-corrected chi connectivity index (χ0v) is 16.8. The van der Waals surface area contributed by atoms with E-state index in [2.05, 4.69) is 23.7 Å². The minimum absolute atomic E-state index is 0.00652. The molecule has 7 nitrogen and oxygen atoms in total. The number of morpholine rings is 1. The molecular formula is C18H29N3O4S. The van der Waals surface area contributed by atoms with Crippen LogP contribution < -0.4 is 4.74 Å². The van der Waals surface area contributed by atoms with Crippen molar-refractivity contribution in [3.05, 3.63) is 10.6 Å². The van der Waals surface area contributed by atoms with Crippen LogP contribution in [0.3, 0.4) is 0 Å². The molecule has 8 heteroatoms. The highest BCUT2D eigenvalue weighted by atomic mass is 32.1. The number of hydrogen-bond acceptors (Lipinski definition) is 7. The lowest BCUT2D eigenvalue weighted by molar-refractivity contribution is -0.0726. The van der Waals surface area contributed by atoms with E-state index in [0.717, 1.165) is 19.6 Å². The maximum absolute atomic E-state index is 12.9. The molecule has 1 N–H and O–H groups in total. The van der Waals surface area contributed by atoms with E-state index in [0.29, 0.717) is 28.9 Å². The first kappa shape index (κ1) is 19.5. The Kier molecular flexibility index (Phi) is 6.17. The molecule has 4 atom stereocenters. The van der Waals surface area contributed by atoms with Crippen molar-refractivity contribution in [2.75, 3.05) is 46.4 Å². The molecule has 0 aromatic carbocycles. The fourth-order valence-electron chi connectivity index (χ4n) is 4.08. The van der Waals surface area contributed by atoms with Gasteiger partial charge in [-0.3, -0.25) is 9.69 Å². The van der Waals surface area contributed by atoms with Crippen molar-refractivity contribution in [3.63, 3.8) is 0 Å². The van der Waals surface area contributed by atoms with E-state index in [4.69, 9.17) is 9.47 Å². The van der Waals surface area contributed by atoms with Crippen molar-refractivity contribution in [1.29, 1.82) is 0 Å². The molecule has 26 heavy (non-hydrogen) atoms. The first-order valence-corrected chi connectivity index (χ1v) is 10.0. The maximum Gasteiger partial charge on any atom is 0.273 e. The average molecular weight is 384 g/mol. The molecule has 2 fully saturated rings. The van der Waals surface area contributed by atoms with Gasteiger partial charge in [0.15, 0.2) is 0 Å². The number of amides is 1. The van der Waals surface area contributed by atoms with E-state index >= 15 is 0 Å². The van der Waals surface area contributed by atoms with E-state index in [1.807, 2.05) is 11.8 Å². The van der Waals surface area contributed by atoms with Crippen molar-refractivity contribution in [1.82, 2.24) is 14.8 Å². The molecule has 1 aromatic rings. The van der Waals surface area contributed by atoms with Crippen LogP contribution in [0.5, 0.6) is 5.19 Å². The summed E-state index contributed by atoms with van der Waals surface area (Å²) in [5, 5.41) is 10.3. The van der Waals surface area contributed by atoms with Gasteiger partial charge in [-0.2, -0.15) is 0 Å². The lowest BCUT2D eigenvalue weighted by Gasteiger charge is -2.37. The molecule has 0 bridgehead atoms. The molecule has 0 saturated carbocycles. The summed E-state index contributed by atoms with van der Waals surface area (Å²) in [6.07, 6.45) is 0.440. The number of hydrogen-bond donors (Lipinski definition) is 1. The topological polar surface area (TPSA) is 75.1 Å². The number of thiazole rings is 1. The van der Waals surface area contributed by atoms with E-state index in [-0.39, 0.29) is 36.6 Å². The third kappa shape index (κ3) is 4.19. The molecule has 2 saturated heterocycles. The Bertz CT molecular complexity index is 628. The van der Waals surface area contributed by atoms with Crippen molar-refractivity contribution in [2.24, 2.45) is 11.8 Å². The average Bonchev–Trinajstić information content (AvgIpc) is 3.16. The molecule has 0 aliphatic carbocycles. The smallest absolute Gasteiger partial charge is 0.273 e. The van der Waals surface area contributed by atoms with Crippen molar-refractivity contribution in [3.8, 4) is 5.19 Å². The van der Waals surface area contributed by atoms with Crippen molar-refractivity contribution in [2.45, 2.75) is 33.0 Å². The third-order valence-electron chi connectivity index (χ3n) is 5.23. The van der Waals surface area contributed by atoms with Crippen molar-refractivity contribution < 1.29 is 19.4 Å². The second-order valence-electron chi connectivity index (χ2n) is 7.49. The first-order valence-electron chi connectivity index (χ1n) is 9.20.